The first-order chi connectivity index (χ1) is 13.6. The SMILES string of the molecule is CCc1ccc(C2CNCCN2CC(=O)Nc2ccc(OC)cc2OC)cc1. The maximum atomic E-state index is 12.7. The number of methoxy groups -OCH3 is 2. The second-order valence-corrected chi connectivity index (χ2v) is 6.90. The molecule has 1 unspecified atom stereocenters. The predicted octanol–water partition coefficient (Wildman–Crippen LogP) is 2.85. The molecule has 150 valence electrons. The van der Waals surface area contributed by atoms with Crippen molar-refractivity contribution in [1.82, 2.24) is 10.2 Å². The Balaban J connectivity index is 1.69. The number of aryl methyl sites for hydroxylation is 1. The van der Waals surface area contributed by atoms with Crippen LogP contribution in [0, 0.1) is 0 Å². The summed E-state index contributed by atoms with van der Waals surface area (Å²) in [5.74, 6) is 1.22. The van der Waals surface area contributed by atoms with Crippen LogP contribution in [0.15, 0.2) is 42.5 Å². The van der Waals surface area contributed by atoms with Crippen LogP contribution in [0.5, 0.6) is 11.5 Å². The van der Waals surface area contributed by atoms with Gasteiger partial charge in [-0.3, -0.25) is 9.69 Å². The van der Waals surface area contributed by atoms with Crippen LogP contribution in [-0.4, -0.2) is 51.2 Å². The van der Waals surface area contributed by atoms with Crippen LogP contribution in [0.4, 0.5) is 5.69 Å². The van der Waals surface area contributed by atoms with E-state index >= 15 is 0 Å². The van der Waals surface area contributed by atoms with E-state index in [0.717, 1.165) is 26.1 Å². The monoisotopic (exact) mass is 383 g/mol. The van der Waals surface area contributed by atoms with Gasteiger partial charge in [0.05, 0.1) is 26.5 Å². The summed E-state index contributed by atoms with van der Waals surface area (Å²) >= 11 is 0. The molecule has 1 amide bonds. The molecule has 28 heavy (non-hydrogen) atoms. The van der Waals surface area contributed by atoms with Crippen molar-refractivity contribution in [3.63, 3.8) is 0 Å². The normalized spacial score (nSPS) is 17.2. The van der Waals surface area contributed by atoms with E-state index in [0.29, 0.717) is 23.7 Å². The van der Waals surface area contributed by atoms with Gasteiger partial charge in [0.15, 0.2) is 0 Å². The lowest BCUT2D eigenvalue weighted by Gasteiger charge is -2.36. The van der Waals surface area contributed by atoms with Gasteiger partial charge in [0.1, 0.15) is 11.5 Å². The molecule has 0 saturated carbocycles. The topological polar surface area (TPSA) is 62.8 Å². The second kappa shape index (κ2) is 9.57. The number of hydrogen-bond donors (Lipinski definition) is 2. The smallest absolute Gasteiger partial charge is 0.238 e. The van der Waals surface area contributed by atoms with Crippen molar-refractivity contribution >= 4 is 11.6 Å². The van der Waals surface area contributed by atoms with Gasteiger partial charge in [0.25, 0.3) is 0 Å². The molecule has 0 spiro atoms. The number of amides is 1. The Bertz CT molecular complexity index is 792. The summed E-state index contributed by atoms with van der Waals surface area (Å²) in [6.45, 7) is 5.03. The van der Waals surface area contributed by atoms with Gasteiger partial charge in [-0.25, -0.2) is 0 Å². The van der Waals surface area contributed by atoms with Gasteiger partial charge in [-0.1, -0.05) is 31.2 Å². The molecular weight excluding hydrogens is 354 g/mol. The maximum Gasteiger partial charge on any atom is 0.238 e. The predicted molar refractivity (Wildman–Crippen MR) is 111 cm³/mol. The Labute approximate surface area is 166 Å². The van der Waals surface area contributed by atoms with Crippen molar-refractivity contribution in [2.75, 3.05) is 45.7 Å². The van der Waals surface area contributed by atoms with Gasteiger partial charge >= 0.3 is 0 Å². The number of benzene rings is 2. The second-order valence-electron chi connectivity index (χ2n) is 6.90. The number of hydrogen-bond acceptors (Lipinski definition) is 5. The lowest BCUT2D eigenvalue weighted by Crippen LogP contribution is -2.48. The van der Waals surface area contributed by atoms with E-state index in [-0.39, 0.29) is 11.9 Å². The molecule has 0 aromatic heterocycles. The maximum absolute atomic E-state index is 12.7. The first-order valence-electron chi connectivity index (χ1n) is 9.70. The highest BCUT2D eigenvalue weighted by atomic mass is 16.5. The van der Waals surface area contributed by atoms with Gasteiger partial charge in [-0.15, -0.1) is 0 Å². The van der Waals surface area contributed by atoms with E-state index < -0.39 is 0 Å². The minimum atomic E-state index is -0.0551. The zero-order valence-electron chi connectivity index (χ0n) is 16.8. The molecule has 1 aliphatic heterocycles. The molecule has 1 fully saturated rings. The fraction of sp³-hybridized carbons (Fsp3) is 0.409. The molecular formula is C22H29N3O3. The first kappa shape index (κ1) is 20.2. The van der Waals surface area contributed by atoms with E-state index in [9.17, 15) is 4.79 Å². The van der Waals surface area contributed by atoms with Gasteiger partial charge in [0.2, 0.25) is 5.91 Å². The average Bonchev–Trinajstić information content (AvgIpc) is 2.74. The first-order valence-corrected chi connectivity index (χ1v) is 9.70. The summed E-state index contributed by atoms with van der Waals surface area (Å²) in [6, 6.07) is 14.2. The minimum absolute atomic E-state index is 0.0551. The molecule has 0 bridgehead atoms. The number of carbonyl (C=O) groups excluding carboxylic acids is 1. The molecule has 1 atom stereocenters. The van der Waals surface area contributed by atoms with Crippen molar-refractivity contribution in [2.24, 2.45) is 0 Å². The summed E-state index contributed by atoms with van der Waals surface area (Å²) in [4.78, 5) is 14.9. The highest BCUT2D eigenvalue weighted by Gasteiger charge is 2.25. The summed E-state index contributed by atoms with van der Waals surface area (Å²) < 4.78 is 10.6. The largest absolute Gasteiger partial charge is 0.497 e. The summed E-state index contributed by atoms with van der Waals surface area (Å²) in [5.41, 5.74) is 3.20. The van der Waals surface area contributed by atoms with Crippen molar-refractivity contribution < 1.29 is 14.3 Å². The van der Waals surface area contributed by atoms with E-state index in [4.69, 9.17) is 9.47 Å². The molecule has 2 aromatic rings. The molecule has 6 nitrogen and oxygen atoms in total. The Kier molecular flexibility index (Phi) is 6.90. The summed E-state index contributed by atoms with van der Waals surface area (Å²) in [5, 5.41) is 6.41. The molecule has 0 radical (unpaired) electrons. The third kappa shape index (κ3) is 4.82. The van der Waals surface area contributed by atoms with E-state index in [1.54, 1.807) is 32.4 Å². The van der Waals surface area contributed by atoms with E-state index in [1.807, 2.05) is 0 Å². The molecule has 1 saturated heterocycles. The van der Waals surface area contributed by atoms with Crippen molar-refractivity contribution in [3.8, 4) is 11.5 Å². The Morgan fingerprint density at radius 3 is 2.64 bits per heavy atom. The number of rotatable bonds is 7. The molecule has 2 aromatic carbocycles. The standard InChI is InChI=1S/C22H29N3O3/c1-4-16-5-7-17(8-6-16)20-14-23-11-12-25(20)15-22(26)24-19-10-9-18(27-2)13-21(19)28-3/h5-10,13,20,23H,4,11-12,14-15H2,1-3H3,(H,24,26). The van der Waals surface area contributed by atoms with E-state index in [2.05, 4.69) is 46.7 Å². The van der Waals surface area contributed by atoms with Crippen molar-refractivity contribution in [2.45, 2.75) is 19.4 Å². The third-order valence-electron chi connectivity index (χ3n) is 5.16. The third-order valence-corrected chi connectivity index (χ3v) is 5.16. The number of ether oxygens (including phenoxy) is 2. The lowest BCUT2D eigenvalue weighted by molar-refractivity contribution is -0.118. The van der Waals surface area contributed by atoms with Gasteiger partial charge in [0, 0.05) is 31.7 Å². The fourth-order valence-electron chi connectivity index (χ4n) is 3.52. The fourth-order valence-corrected chi connectivity index (χ4v) is 3.52. The molecule has 1 aliphatic rings. The van der Waals surface area contributed by atoms with Gasteiger partial charge < -0.3 is 20.1 Å². The number of piperazine rings is 1. The molecule has 1 heterocycles. The van der Waals surface area contributed by atoms with Crippen molar-refractivity contribution in [1.29, 1.82) is 0 Å². The summed E-state index contributed by atoms with van der Waals surface area (Å²) in [6.07, 6.45) is 1.03. The summed E-state index contributed by atoms with van der Waals surface area (Å²) in [7, 11) is 3.18. The molecule has 2 N–H and O–H groups in total. The van der Waals surface area contributed by atoms with Crippen LogP contribution in [0.3, 0.4) is 0 Å². The number of anilines is 1. The number of carbonyl (C=O) groups is 1. The van der Waals surface area contributed by atoms with Gasteiger partial charge in [-0.2, -0.15) is 0 Å². The zero-order valence-corrected chi connectivity index (χ0v) is 16.8. The molecule has 3 rings (SSSR count). The van der Waals surface area contributed by atoms with Crippen LogP contribution < -0.4 is 20.1 Å². The van der Waals surface area contributed by atoms with Crippen LogP contribution in [0.2, 0.25) is 0 Å². The molecule has 0 aliphatic carbocycles. The Morgan fingerprint density at radius 1 is 1.18 bits per heavy atom. The van der Waals surface area contributed by atoms with Gasteiger partial charge in [-0.05, 0) is 29.7 Å². The van der Waals surface area contributed by atoms with E-state index in [1.165, 1.54) is 11.1 Å². The number of nitrogens with one attached hydrogen (secondary N) is 2. The average molecular weight is 383 g/mol. The highest BCUT2D eigenvalue weighted by Crippen LogP contribution is 2.29. The Morgan fingerprint density at radius 2 is 1.96 bits per heavy atom. The minimum Gasteiger partial charge on any atom is -0.497 e. The highest BCUT2D eigenvalue weighted by molar-refractivity contribution is 5.93. The zero-order chi connectivity index (χ0) is 19.9. The molecule has 6 heteroatoms. The van der Waals surface area contributed by atoms with Crippen molar-refractivity contribution in [3.05, 3.63) is 53.6 Å². The van der Waals surface area contributed by atoms with Crippen LogP contribution in [0.1, 0.15) is 24.1 Å². The van der Waals surface area contributed by atoms with Crippen LogP contribution >= 0.6 is 0 Å². The van der Waals surface area contributed by atoms with Crippen LogP contribution in [0.25, 0.3) is 0 Å². The number of nitrogens with zero attached hydrogens (tertiary/aromatic N) is 1. The van der Waals surface area contributed by atoms with Crippen LogP contribution in [-0.2, 0) is 11.2 Å². The quantitative estimate of drug-likeness (QED) is 0.770. The Hall–Kier alpha value is -2.57. The lowest BCUT2D eigenvalue weighted by atomic mass is 10.0.